The molecular weight excluding hydrogens is 506 g/mol. The van der Waals surface area contributed by atoms with Crippen LogP contribution in [0.2, 0.25) is 5.02 Å². The molecule has 1 aliphatic rings. The lowest BCUT2D eigenvalue weighted by Gasteiger charge is -2.15. The molecule has 1 saturated heterocycles. The molecule has 4 rings (SSSR count). The first kappa shape index (κ1) is 24.5. The minimum atomic E-state index is -0.493. The number of rotatable bonds is 7. The number of carbonyl (C=O) groups is 3. The van der Waals surface area contributed by atoms with Gasteiger partial charge in [0, 0.05) is 21.8 Å². The quantitative estimate of drug-likeness (QED) is 0.338. The number of hydrogen-bond acceptors (Lipinski definition) is 6. The maximum Gasteiger partial charge on any atom is 0.285 e. The molecular formula is C25H18ClN3O4S2. The fraction of sp³-hybridized carbons (Fsp3) is 0.0400. The second kappa shape index (κ2) is 11.2. The summed E-state index contributed by atoms with van der Waals surface area (Å²) in [6.07, 6.45) is 1.61. The molecule has 0 aromatic heterocycles. The molecule has 3 amide bonds. The summed E-state index contributed by atoms with van der Waals surface area (Å²) in [5.41, 5.74) is 4.11. The molecule has 176 valence electrons. The number of halogens is 1. The fourth-order valence-electron chi connectivity index (χ4n) is 3.07. The van der Waals surface area contributed by atoms with Gasteiger partial charge in [-0.3, -0.25) is 19.8 Å². The highest BCUT2D eigenvalue weighted by atomic mass is 35.5. The van der Waals surface area contributed by atoms with E-state index in [0.29, 0.717) is 32.5 Å². The number of benzene rings is 3. The van der Waals surface area contributed by atoms with Gasteiger partial charge >= 0.3 is 0 Å². The van der Waals surface area contributed by atoms with Crippen LogP contribution in [0.25, 0.3) is 6.08 Å². The number of thiocarbonyl (C=S) groups is 1. The Morgan fingerprint density at radius 3 is 2.43 bits per heavy atom. The first-order valence-corrected chi connectivity index (χ1v) is 11.9. The van der Waals surface area contributed by atoms with Crippen molar-refractivity contribution in [1.29, 1.82) is 0 Å². The van der Waals surface area contributed by atoms with Crippen molar-refractivity contribution < 1.29 is 19.1 Å². The maximum absolute atomic E-state index is 12.9. The van der Waals surface area contributed by atoms with Gasteiger partial charge in [0.15, 0.2) is 10.9 Å². The smallest absolute Gasteiger partial charge is 0.285 e. The molecule has 0 spiro atoms. The largest absolute Gasteiger partial charge is 0.483 e. The Labute approximate surface area is 216 Å². The summed E-state index contributed by atoms with van der Waals surface area (Å²) in [7, 11) is 0. The molecule has 1 heterocycles. The number of nitrogens with zero attached hydrogens (tertiary/aromatic N) is 1. The summed E-state index contributed by atoms with van der Waals surface area (Å²) in [5.74, 6) is -0.861. The minimum absolute atomic E-state index is 0.184. The molecule has 3 aromatic rings. The van der Waals surface area contributed by atoms with Crippen molar-refractivity contribution in [2.45, 2.75) is 0 Å². The first-order chi connectivity index (χ1) is 16.9. The zero-order valence-electron chi connectivity index (χ0n) is 18.1. The van der Waals surface area contributed by atoms with Gasteiger partial charge in [0.05, 0.1) is 4.91 Å². The van der Waals surface area contributed by atoms with Gasteiger partial charge < -0.3 is 10.1 Å². The normalized spacial score (nSPS) is 14.2. The summed E-state index contributed by atoms with van der Waals surface area (Å²) in [6.45, 7) is -0.210. The molecule has 0 bridgehead atoms. The number of nitrogens with one attached hydrogen (secondary N) is 2. The highest BCUT2D eigenvalue weighted by molar-refractivity contribution is 8.26. The van der Waals surface area contributed by atoms with Crippen molar-refractivity contribution >= 4 is 69.4 Å². The Kier molecular flexibility index (Phi) is 7.81. The van der Waals surface area contributed by atoms with Gasteiger partial charge in [-0.2, -0.15) is 5.01 Å². The lowest BCUT2D eigenvalue weighted by atomic mass is 10.2. The van der Waals surface area contributed by atoms with Crippen molar-refractivity contribution in [3.63, 3.8) is 0 Å². The Morgan fingerprint density at radius 2 is 1.69 bits per heavy atom. The average Bonchev–Trinajstić information content (AvgIpc) is 3.11. The third kappa shape index (κ3) is 6.27. The molecule has 10 heteroatoms. The van der Waals surface area contributed by atoms with Crippen LogP contribution in [0.3, 0.4) is 0 Å². The van der Waals surface area contributed by atoms with Gasteiger partial charge in [0.1, 0.15) is 5.75 Å². The summed E-state index contributed by atoms with van der Waals surface area (Å²) in [6, 6.07) is 22.3. The molecule has 0 saturated carbocycles. The van der Waals surface area contributed by atoms with Crippen LogP contribution in [0, 0.1) is 0 Å². The van der Waals surface area contributed by atoms with Gasteiger partial charge in [0.25, 0.3) is 17.7 Å². The molecule has 1 fully saturated rings. The van der Waals surface area contributed by atoms with Crippen molar-refractivity contribution in [2.75, 3.05) is 11.9 Å². The molecule has 0 atom stereocenters. The van der Waals surface area contributed by atoms with E-state index in [-0.39, 0.29) is 16.8 Å². The molecule has 3 aromatic carbocycles. The van der Waals surface area contributed by atoms with Crippen LogP contribution in [-0.4, -0.2) is 33.7 Å². The van der Waals surface area contributed by atoms with E-state index >= 15 is 0 Å². The second-order valence-corrected chi connectivity index (χ2v) is 9.32. The van der Waals surface area contributed by atoms with E-state index < -0.39 is 11.8 Å². The van der Waals surface area contributed by atoms with E-state index in [1.54, 1.807) is 66.7 Å². The highest BCUT2D eigenvalue weighted by Gasteiger charge is 2.34. The summed E-state index contributed by atoms with van der Waals surface area (Å²) in [4.78, 5) is 38.0. The third-order valence-electron chi connectivity index (χ3n) is 4.74. The van der Waals surface area contributed by atoms with E-state index in [1.165, 1.54) is 0 Å². The van der Waals surface area contributed by atoms with Crippen LogP contribution in [0.4, 0.5) is 5.69 Å². The van der Waals surface area contributed by atoms with Gasteiger partial charge in [-0.25, -0.2) is 0 Å². The Morgan fingerprint density at radius 1 is 1.00 bits per heavy atom. The SMILES string of the molecule is O=C(COc1ccccc1/C=C1/SC(=S)N(NC(=O)c2ccc(Cl)cc2)C1=O)Nc1ccccc1. The average molecular weight is 524 g/mol. The van der Waals surface area contributed by atoms with E-state index in [4.69, 9.17) is 28.6 Å². The van der Waals surface area contributed by atoms with Crippen LogP contribution < -0.4 is 15.5 Å². The van der Waals surface area contributed by atoms with Crippen molar-refractivity contribution in [3.05, 3.63) is 99.9 Å². The summed E-state index contributed by atoms with van der Waals surface area (Å²) >= 11 is 12.2. The van der Waals surface area contributed by atoms with Crippen LogP contribution in [-0.2, 0) is 9.59 Å². The van der Waals surface area contributed by atoms with E-state index in [9.17, 15) is 14.4 Å². The highest BCUT2D eigenvalue weighted by Crippen LogP contribution is 2.33. The predicted molar refractivity (Wildman–Crippen MR) is 141 cm³/mol. The number of hydrogen-bond donors (Lipinski definition) is 2. The summed E-state index contributed by atoms with van der Waals surface area (Å²) < 4.78 is 5.88. The number of hydrazine groups is 1. The molecule has 35 heavy (non-hydrogen) atoms. The minimum Gasteiger partial charge on any atom is -0.483 e. The van der Waals surface area contributed by atoms with Crippen molar-refractivity contribution in [2.24, 2.45) is 0 Å². The predicted octanol–water partition coefficient (Wildman–Crippen LogP) is 4.90. The van der Waals surface area contributed by atoms with Crippen LogP contribution in [0.15, 0.2) is 83.8 Å². The van der Waals surface area contributed by atoms with Crippen LogP contribution >= 0.6 is 35.6 Å². The summed E-state index contributed by atoms with van der Waals surface area (Å²) in [5, 5.41) is 4.27. The van der Waals surface area contributed by atoms with E-state index in [1.807, 2.05) is 18.2 Å². The number of thioether (sulfide) groups is 1. The molecule has 0 radical (unpaired) electrons. The molecule has 0 unspecified atom stereocenters. The number of carbonyl (C=O) groups excluding carboxylic acids is 3. The molecule has 1 aliphatic heterocycles. The van der Waals surface area contributed by atoms with Crippen molar-refractivity contribution in [1.82, 2.24) is 10.4 Å². The Bertz CT molecular complexity index is 1310. The second-order valence-electron chi connectivity index (χ2n) is 7.21. The van der Waals surface area contributed by atoms with Gasteiger partial charge in [0.2, 0.25) is 0 Å². The zero-order chi connectivity index (χ0) is 24.8. The number of amides is 3. The van der Waals surface area contributed by atoms with E-state index in [0.717, 1.165) is 16.8 Å². The van der Waals surface area contributed by atoms with Gasteiger partial charge in [-0.1, -0.05) is 59.8 Å². The molecule has 2 N–H and O–H groups in total. The standard InChI is InChI=1S/C25H18ClN3O4S2/c26-18-12-10-16(11-13-18)23(31)28-29-24(32)21(35-25(29)34)14-17-6-4-5-9-20(17)33-15-22(30)27-19-7-2-1-3-8-19/h1-14H,15H2,(H,27,30)(H,28,31)/b21-14+. The van der Waals surface area contributed by atoms with Crippen LogP contribution in [0.5, 0.6) is 5.75 Å². The number of para-hydroxylation sites is 2. The maximum atomic E-state index is 12.9. The number of anilines is 1. The Hall–Kier alpha value is -3.66. The lowest BCUT2D eigenvalue weighted by molar-refractivity contribution is -0.123. The Balaban J connectivity index is 1.43. The van der Waals surface area contributed by atoms with Gasteiger partial charge in [-0.05, 0) is 60.8 Å². The van der Waals surface area contributed by atoms with E-state index in [2.05, 4.69) is 10.7 Å². The van der Waals surface area contributed by atoms with Gasteiger partial charge in [-0.15, -0.1) is 0 Å². The van der Waals surface area contributed by atoms with Crippen LogP contribution in [0.1, 0.15) is 15.9 Å². The lowest BCUT2D eigenvalue weighted by Crippen LogP contribution is -2.44. The van der Waals surface area contributed by atoms with Crippen molar-refractivity contribution in [3.8, 4) is 5.75 Å². The fourth-order valence-corrected chi connectivity index (χ4v) is 4.36. The first-order valence-electron chi connectivity index (χ1n) is 10.3. The molecule has 7 nitrogen and oxygen atoms in total. The topological polar surface area (TPSA) is 87.7 Å². The molecule has 0 aliphatic carbocycles. The number of ether oxygens (including phenoxy) is 1. The third-order valence-corrected chi connectivity index (χ3v) is 6.29. The monoisotopic (exact) mass is 523 g/mol. The zero-order valence-corrected chi connectivity index (χ0v) is 20.5.